The van der Waals surface area contributed by atoms with E-state index in [1.165, 1.54) is 12.1 Å². The molecular formula is C17H19ClFNO. The van der Waals surface area contributed by atoms with Crippen LogP contribution in [-0.2, 0) is 6.54 Å². The van der Waals surface area contributed by atoms with E-state index in [-0.39, 0.29) is 10.6 Å². The van der Waals surface area contributed by atoms with E-state index in [1.807, 2.05) is 24.3 Å². The van der Waals surface area contributed by atoms with Crippen molar-refractivity contribution in [3.63, 3.8) is 0 Å². The third-order valence-electron chi connectivity index (χ3n) is 2.90. The standard InChI is InChI=1S/C17H19ClFNO/c1-17(2,3)20-11-12-6-4-5-7-16(12)21-13-8-9-15(19)14(18)10-13/h4-10,20H,11H2,1-3H3. The molecule has 112 valence electrons. The summed E-state index contributed by atoms with van der Waals surface area (Å²) in [7, 11) is 0. The number of hydrogen-bond acceptors (Lipinski definition) is 2. The Hall–Kier alpha value is -1.58. The van der Waals surface area contributed by atoms with Gasteiger partial charge in [-0.25, -0.2) is 4.39 Å². The summed E-state index contributed by atoms with van der Waals surface area (Å²) in [5.74, 6) is 0.799. The van der Waals surface area contributed by atoms with Crippen LogP contribution in [0.15, 0.2) is 42.5 Å². The Labute approximate surface area is 129 Å². The Bertz CT molecular complexity index is 622. The minimum atomic E-state index is -0.452. The van der Waals surface area contributed by atoms with Gasteiger partial charge in [0.05, 0.1) is 5.02 Å². The van der Waals surface area contributed by atoms with Gasteiger partial charge in [0.25, 0.3) is 0 Å². The molecule has 0 amide bonds. The molecule has 2 aromatic carbocycles. The van der Waals surface area contributed by atoms with E-state index in [4.69, 9.17) is 16.3 Å². The van der Waals surface area contributed by atoms with Crippen molar-refractivity contribution in [3.05, 3.63) is 58.9 Å². The smallest absolute Gasteiger partial charge is 0.142 e. The molecule has 0 fully saturated rings. The van der Waals surface area contributed by atoms with Crippen LogP contribution in [0.2, 0.25) is 5.02 Å². The number of hydrogen-bond donors (Lipinski definition) is 1. The van der Waals surface area contributed by atoms with Crippen LogP contribution in [0.25, 0.3) is 0 Å². The quantitative estimate of drug-likeness (QED) is 0.842. The first kappa shape index (κ1) is 15.8. The number of rotatable bonds is 4. The maximum atomic E-state index is 13.2. The van der Waals surface area contributed by atoms with E-state index in [1.54, 1.807) is 6.07 Å². The lowest BCUT2D eigenvalue weighted by Crippen LogP contribution is -2.35. The monoisotopic (exact) mass is 307 g/mol. The number of benzene rings is 2. The first-order valence-corrected chi connectivity index (χ1v) is 7.19. The lowest BCUT2D eigenvalue weighted by atomic mass is 10.1. The summed E-state index contributed by atoms with van der Waals surface area (Å²) in [5, 5.41) is 3.47. The Morgan fingerprint density at radius 3 is 2.52 bits per heavy atom. The van der Waals surface area contributed by atoms with Gasteiger partial charge in [-0.05, 0) is 39.0 Å². The lowest BCUT2D eigenvalue weighted by molar-refractivity contribution is 0.414. The molecule has 0 spiro atoms. The molecule has 0 aliphatic heterocycles. The number of para-hydroxylation sites is 1. The van der Waals surface area contributed by atoms with Crippen molar-refractivity contribution in [1.82, 2.24) is 5.32 Å². The Morgan fingerprint density at radius 1 is 1.14 bits per heavy atom. The Morgan fingerprint density at radius 2 is 1.86 bits per heavy atom. The molecule has 0 saturated carbocycles. The van der Waals surface area contributed by atoms with Gasteiger partial charge in [-0.3, -0.25) is 0 Å². The van der Waals surface area contributed by atoms with Crippen molar-refractivity contribution >= 4 is 11.6 Å². The Balaban J connectivity index is 2.17. The topological polar surface area (TPSA) is 21.3 Å². The van der Waals surface area contributed by atoms with Gasteiger partial charge in [0.2, 0.25) is 0 Å². The molecule has 0 unspecified atom stereocenters. The van der Waals surface area contributed by atoms with Crippen molar-refractivity contribution in [2.24, 2.45) is 0 Å². The van der Waals surface area contributed by atoms with E-state index in [0.717, 1.165) is 11.3 Å². The fourth-order valence-electron chi connectivity index (χ4n) is 1.78. The van der Waals surface area contributed by atoms with Crippen LogP contribution in [-0.4, -0.2) is 5.54 Å². The molecule has 4 heteroatoms. The second-order valence-corrected chi connectivity index (χ2v) is 6.30. The summed E-state index contributed by atoms with van der Waals surface area (Å²) in [6.45, 7) is 7.01. The molecular weight excluding hydrogens is 289 g/mol. The summed E-state index contributed by atoms with van der Waals surface area (Å²) in [6, 6.07) is 12.1. The largest absolute Gasteiger partial charge is 0.457 e. The van der Waals surface area contributed by atoms with Crippen LogP contribution in [0.4, 0.5) is 4.39 Å². The van der Waals surface area contributed by atoms with Gasteiger partial charge in [-0.15, -0.1) is 0 Å². The minimum Gasteiger partial charge on any atom is -0.457 e. The minimum absolute atomic E-state index is 0.0201. The predicted molar refractivity (Wildman–Crippen MR) is 84.5 cm³/mol. The second-order valence-electron chi connectivity index (χ2n) is 5.89. The molecule has 0 atom stereocenters. The molecule has 2 nitrogen and oxygen atoms in total. The molecule has 1 N–H and O–H groups in total. The van der Waals surface area contributed by atoms with Crippen molar-refractivity contribution in [2.75, 3.05) is 0 Å². The van der Waals surface area contributed by atoms with Gasteiger partial charge in [0.1, 0.15) is 17.3 Å². The zero-order valence-corrected chi connectivity index (χ0v) is 13.2. The van der Waals surface area contributed by atoms with Crippen LogP contribution >= 0.6 is 11.6 Å². The SMILES string of the molecule is CC(C)(C)NCc1ccccc1Oc1ccc(F)c(Cl)c1. The molecule has 0 saturated heterocycles. The molecule has 0 aromatic heterocycles. The molecule has 2 rings (SSSR count). The highest BCUT2D eigenvalue weighted by Crippen LogP contribution is 2.28. The number of nitrogens with one attached hydrogen (secondary N) is 1. The molecule has 2 aromatic rings. The van der Waals surface area contributed by atoms with Crippen LogP contribution in [0.1, 0.15) is 26.3 Å². The summed E-state index contributed by atoms with van der Waals surface area (Å²) in [4.78, 5) is 0. The Kier molecular flexibility index (Phi) is 4.86. The van der Waals surface area contributed by atoms with Gasteiger partial charge in [-0.1, -0.05) is 29.8 Å². The fourth-order valence-corrected chi connectivity index (χ4v) is 1.95. The van der Waals surface area contributed by atoms with E-state index < -0.39 is 5.82 Å². The van der Waals surface area contributed by atoms with Gasteiger partial charge in [0, 0.05) is 23.7 Å². The summed E-state index contributed by atoms with van der Waals surface area (Å²) < 4.78 is 19.0. The van der Waals surface area contributed by atoms with Gasteiger partial charge >= 0.3 is 0 Å². The van der Waals surface area contributed by atoms with Gasteiger partial charge in [-0.2, -0.15) is 0 Å². The zero-order chi connectivity index (χ0) is 15.5. The highest BCUT2D eigenvalue weighted by molar-refractivity contribution is 6.30. The second kappa shape index (κ2) is 6.46. The fraction of sp³-hybridized carbons (Fsp3) is 0.294. The normalized spacial score (nSPS) is 11.5. The third kappa shape index (κ3) is 4.73. The molecule has 0 bridgehead atoms. The van der Waals surface area contributed by atoms with Crippen LogP contribution in [0, 0.1) is 5.82 Å². The third-order valence-corrected chi connectivity index (χ3v) is 3.19. The van der Waals surface area contributed by atoms with E-state index in [9.17, 15) is 4.39 Å². The highest BCUT2D eigenvalue weighted by Gasteiger charge is 2.11. The van der Waals surface area contributed by atoms with Crippen molar-refractivity contribution in [3.8, 4) is 11.5 Å². The molecule has 0 radical (unpaired) electrons. The molecule has 21 heavy (non-hydrogen) atoms. The average molecular weight is 308 g/mol. The number of ether oxygens (including phenoxy) is 1. The summed E-state index contributed by atoms with van der Waals surface area (Å²) in [5.41, 5.74) is 1.06. The predicted octanol–water partition coefficient (Wildman–Crippen LogP) is 5.16. The first-order valence-electron chi connectivity index (χ1n) is 6.81. The number of halogens is 2. The van der Waals surface area contributed by atoms with Crippen LogP contribution in [0.3, 0.4) is 0 Å². The van der Waals surface area contributed by atoms with Gasteiger partial charge in [0.15, 0.2) is 0 Å². The molecule has 0 heterocycles. The zero-order valence-electron chi connectivity index (χ0n) is 12.4. The lowest BCUT2D eigenvalue weighted by Gasteiger charge is -2.21. The van der Waals surface area contributed by atoms with Crippen molar-refractivity contribution < 1.29 is 9.13 Å². The van der Waals surface area contributed by atoms with Gasteiger partial charge < -0.3 is 10.1 Å². The maximum Gasteiger partial charge on any atom is 0.142 e. The first-order chi connectivity index (χ1) is 9.85. The maximum absolute atomic E-state index is 13.2. The van der Waals surface area contributed by atoms with Crippen molar-refractivity contribution in [2.45, 2.75) is 32.9 Å². The average Bonchev–Trinajstić information content (AvgIpc) is 2.41. The van der Waals surface area contributed by atoms with Crippen molar-refractivity contribution in [1.29, 1.82) is 0 Å². The summed E-state index contributed by atoms with van der Waals surface area (Å²) in [6.07, 6.45) is 0. The van der Waals surface area contributed by atoms with E-state index in [2.05, 4.69) is 26.1 Å². The van der Waals surface area contributed by atoms with E-state index >= 15 is 0 Å². The highest BCUT2D eigenvalue weighted by atomic mass is 35.5. The summed E-state index contributed by atoms with van der Waals surface area (Å²) >= 11 is 5.77. The van der Waals surface area contributed by atoms with Crippen LogP contribution in [0.5, 0.6) is 11.5 Å². The van der Waals surface area contributed by atoms with Crippen LogP contribution < -0.4 is 10.1 Å². The van der Waals surface area contributed by atoms with E-state index in [0.29, 0.717) is 12.3 Å². The molecule has 0 aliphatic carbocycles. The molecule has 0 aliphatic rings.